The highest BCUT2D eigenvalue weighted by molar-refractivity contribution is 7.09. The van der Waals surface area contributed by atoms with Gasteiger partial charge in [-0.2, -0.15) is 13.2 Å². The number of alkyl halides is 3. The van der Waals surface area contributed by atoms with Gasteiger partial charge in [-0.05, 0) is 13.8 Å². The zero-order chi connectivity index (χ0) is 23.2. The zero-order valence-electron chi connectivity index (χ0n) is 17.2. The molecular weight excluding hydrogens is 439 g/mol. The van der Waals surface area contributed by atoms with E-state index < -0.39 is 12.1 Å². The fraction of sp³-hybridized carbons (Fsp3) is 0.667. The number of carboxylic acids is 1. The number of hydrogen-bond donors (Lipinski definition) is 3. The van der Waals surface area contributed by atoms with E-state index in [1.54, 1.807) is 11.3 Å². The Hall–Kier alpha value is -2.41. The molecule has 3 N–H and O–H groups in total. The second-order valence-electron chi connectivity index (χ2n) is 7.92. The highest BCUT2D eigenvalue weighted by atomic mass is 32.1. The molecule has 174 valence electrons. The highest BCUT2D eigenvalue weighted by Crippen LogP contribution is 2.31. The third-order valence-corrected chi connectivity index (χ3v) is 5.52. The Morgan fingerprint density at radius 3 is 2.52 bits per heavy atom. The maximum absolute atomic E-state index is 12.5. The summed E-state index contributed by atoms with van der Waals surface area (Å²) < 4.78 is 31.7. The van der Waals surface area contributed by atoms with Gasteiger partial charge in [0.25, 0.3) is 0 Å². The van der Waals surface area contributed by atoms with Gasteiger partial charge in [0, 0.05) is 62.2 Å². The van der Waals surface area contributed by atoms with Crippen molar-refractivity contribution < 1.29 is 32.7 Å². The predicted octanol–water partition coefficient (Wildman–Crippen LogP) is 1.52. The number of amides is 3. The number of carboxylic acid groups (broad SMARTS) is 1. The summed E-state index contributed by atoms with van der Waals surface area (Å²) in [6.07, 6.45) is -2.79. The molecule has 3 rings (SSSR count). The van der Waals surface area contributed by atoms with Crippen LogP contribution in [0.2, 0.25) is 0 Å². The largest absolute Gasteiger partial charge is 0.490 e. The van der Waals surface area contributed by atoms with Gasteiger partial charge < -0.3 is 20.6 Å². The first-order valence-electron chi connectivity index (χ1n) is 9.63. The SMILES string of the molecule is CC(C)NC(=O)N1CCN(Cc2nccs2)CC2(CNC(=O)C2)C1.O=C(O)C(F)(F)F. The van der Waals surface area contributed by atoms with Crippen LogP contribution in [0, 0.1) is 5.41 Å². The highest BCUT2D eigenvalue weighted by Gasteiger charge is 2.44. The summed E-state index contributed by atoms with van der Waals surface area (Å²) in [5.41, 5.74) is -0.209. The quantitative estimate of drug-likeness (QED) is 0.624. The lowest BCUT2D eigenvalue weighted by atomic mass is 9.86. The van der Waals surface area contributed by atoms with E-state index in [2.05, 4.69) is 20.5 Å². The standard InChI is InChI=1S/C16H25N5O2S.C2HF3O2/c1-12(2)19-15(23)21-5-4-20(8-14-17-3-6-24-14)10-16(11-21)7-13(22)18-9-16;3-2(4,5)1(6)7/h3,6,12H,4-5,7-11H2,1-2H3,(H,18,22)(H,19,23);(H,6,7). The molecule has 3 amide bonds. The van der Waals surface area contributed by atoms with Crippen molar-refractivity contribution in [3.05, 3.63) is 16.6 Å². The summed E-state index contributed by atoms with van der Waals surface area (Å²) in [7, 11) is 0. The van der Waals surface area contributed by atoms with Crippen LogP contribution in [0.1, 0.15) is 25.3 Å². The van der Waals surface area contributed by atoms with Crippen LogP contribution >= 0.6 is 11.3 Å². The van der Waals surface area contributed by atoms with E-state index in [0.29, 0.717) is 26.1 Å². The molecular formula is C18H26F3N5O4S. The number of carbonyl (C=O) groups is 3. The number of rotatable bonds is 3. The summed E-state index contributed by atoms with van der Waals surface area (Å²) in [5.74, 6) is -2.68. The molecule has 0 saturated carbocycles. The number of aromatic nitrogens is 1. The number of hydrogen-bond acceptors (Lipinski definition) is 6. The van der Waals surface area contributed by atoms with Crippen LogP contribution in [-0.2, 0) is 16.1 Å². The van der Waals surface area contributed by atoms with E-state index in [-0.39, 0.29) is 23.4 Å². The monoisotopic (exact) mass is 465 g/mol. The Kier molecular flexibility index (Phi) is 8.23. The van der Waals surface area contributed by atoms with Gasteiger partial charge in [0.15, 0.2) is 0 Å². The van der Waals surface area contributed by atoms with Crippen molar-refractivity contribution >= 4 is 29.2 Å². The van der Waals surface area contributed by atoms with Crippen molar-refractivity contribution in [2.45, 2.75) is 39.0 Å². The number of urea groups is 1. The average molecular weight is 465 g/mol. The van der Waals surface area contributed by atoms with E-state index in [1.807, 2.05) is 30.3 Å². The molecule has 2 saturated heterocycles. The van der Waals surface area contributed by atoms with Crippen molar-refractivity contribution in [1.82, 2.24) is 25.4 Å². The van der Waals surface area contributed by atoms with E-state index in [9.17, 15) is 22.8 Å². The van der Waals surface area contributed by atoms with E-state index in [4.69, 9.17) is 9.90 Å². The number of nitrogens with one attached hydrogen (secondary N) is 2. The summed E-state index contributed by atoms with van der Waals surface area (Å²) in [6, 6.07) is 0.0614. The third-order valence-electron chi connectivity index (χ3n) is 4.75. The van der Waals surface area contributed by atoms with E-state index in [1.165, 1.54) is 0 Å². The smallest absolute Gasteiger partial charge is 0.475 e. The summed E-state index contributed by atoms with van der Waals surface area (Å²) in [6.45, 7) is 8.19. The number of halogens is 3. The van der Waals surface area contributed by atoms with Gasteiger partial charge in [-0.15, -0.1) is 11.3 Å². The van der Waals surface area contributed by atoms with Crippen LogP contribution in [0.15, 0.2) is 11.6 Å². The van der Waals surface area contributed by atoms with Gasteiger partial charge in [0.05, 0.1) is 6.54 Å². The first kappa shape index (κ1) is 24.9. The van der Waals surface area contributed by atoms with Crippen LogP contribution in [0.4, 0.5) is 18.0 Å². The normalized spacial score (nSPS) is 22.0. The summed E-state index contributed by atoms with van der Waals surface area (Å²) >= 11 is 1.64. The number of nitrogens with zero attached hydrogens (tertiary/aromatic N) is 3. The molecule has 1 aromatic rings. The van der Waals surface area contributed by atoms with E-state index >= 15 is 0 Å². The molecule has 0 aliphatic carbocycles. The van der Waals surface area contributed by atoms with E-state index in [0.717, 1.165) is 24.6 Å². The second-order valence-corrected chi connectivity index (χ2v) is 8.90. The molecule has 2 fully saturated rings. The zero-order valence-corrected chi connectivity index (χ0v) is 18.1. The van der Waals surface area contributed by atoms with Gasteiger partial charge in [-0.3, -0.25) is 9.69 Å². The summed E-state index contributed by atoms with van der Waals surface area (Å²) in [5, 5.41) is 16.1. The molecule has 1 unspecified atom stereocenters. The molecule has 13 heteroatoms. The Morgan fingerprint density at radius 2 is 2.03 bits per heavy atom. The fourth-order valence-corrected chi connectivity index (χ4v) is 4.15. The van der Waals surface area contributed by atoms with Gasteiger partial charge in [-0.1, -0.05) is 0 Å². The molecule has 1 aromatic heterocycles. The third kappa shape index (κ3) is 7.65. The minimum Gasteiger partial charge on any atom is -0.475 e. The van der Waals surface area contributed by atoms with Crippen molar-refractivity contribution in [2.75, 3.05) is 32.7 Å². The fourth-order valence-electron chi connectivity index (χ4n) is 3.49. The van der Waals surface area contributed by atoms with Crippen molar-refractivity contribution in [2.24, 2.45) is 5.41 Å². The molecule has 9 nitrogen and oxygen atoms in total. The molecule has 3 heterocycles. The molecule has 0 bridgehead atoms. The first-order valence-corrected chi connectivity index (χ1v) is 10.5. The van der Waals surface area contributed by atoms with Crippen LogP contribution in [0.3, 0.4) is 0 Å². The van der Waals surface area contributed by atoms with Crippen molar-refractivity contribution in [3.8, 4) is 0 Å². The van der Waals surface area contributed by atoms with Crippen molar-refractivity contribution in [3.63, 3.8) is 0 Å². The van der Waals surface area contributed by atoms with Crippen LogP contribution in [0.25, 0.3) is 0 Å². The predicted molar refractivity (Wildman–Crippen MR) is 106 cm³/mol. The Labute approximate surface area is 181 Å². The topological polar surface area (TPSA) is 115 Å². The average Bonchev–Trinajstić information content (AvgIpc) is 3.23. The van der Waals surface area contributed by atoms with Gasteiger partial charge >= 0.3 is 18.2 Å². The lowest BCUT2D eigenvalue weighted by Gasteiger charge is -2.32. The van der Waals surface area contributed by atoms with Gasteiger partial charge in [0.2, 0.25) is 5.91 Å². The van der Waals surface area contributed by atoms with Crippen LogP contribution in [-0.4, -0.2) is 82.7 Å². The lowest BCUT2D eigenvalue weighted by molar-refractivity contribution is -0.192. The van der Waals surface area contributed by atoms with Crippen molar-refractivity contribution in [1.29, 1.82) is 0 Å². The minimum atomic E-state index is -5.08. The Morgan fingerprint density at radius 1 is 1.35 bits per heavy atom. The molecule has 2 aliphatic rings. The minimum absolute atomic E-state index is 0.0418. The Bertz CT molecular complexity index is 775. The molecule has 1 spiro atoms. The van der Waals surface area contributed by atoms with Crippen LogP contribution < -0.4 is 10.6 Å². The number of thiazole rings is 1. The number of carbonyl (C=O) groups excluding carboxylic acids is 2. The molecule has 31 heavy (non-hydrogen) atoms. The summed E-state index contributed by atoms with van der Waals surface area (Å²) in [4.78, 5) is 41.8. The van der Waals surface area contributed by atoms with Crippen LogP contribution in [0.5, 0.6) is 0 Å². The maximum Gasteiger partial charge on any atom is 0.490 e. The number of aliphatic carboxylic acids is 1. The first-order chi connectivity index (χ1) is 14.4. The second kappa shape index (κ2) is 10.3. The molecule has 1 atom stereocenters. The molecule has 2 aliphatic heterocycles. The maximum atomic E-state index is 12.5. The Balaban J connectivity index is 0.000000423. The lowest BCUT2D eigenvalue weighted by Crippen LogP contribution is -2.48. The molecule has 0 radical (unpaired) electrons. The van der Waals surface area contributed by atoms with Gasteiger partial charge in [0.1, 0.15) is 5.01 Å². The van der Waals surface area contributed by atoms with Gasteiger partial charge in [-0.25, -0.2) is 14.6 Å². The molecule has 0 aromatic carbocycles.